The van der Waals surface area contributed by atoms with E-state index in [1.165, 1.54) is 0 Å². The minimum Gasteiger partial charge on any atom is -0.494 e. The van der Waals surface area contributed by atoms with E-state index in [-0.39, 0.29) is 5.91 Å². The van der Waals surface area contributed by atoms with Crippen molar-refractivity contribution in [2.24, 2.45) is 0 Å². The van der Waals surface area contributed by atoms with E-state index in [2.05, 4.69) is 0 Å². The molecule has 1 fully saturated rings. The number of furan rings is 1. The van der Waals surface area contributed by atoms with Gasteiger partial charge in [-0.1, -0.05) is 12.1 Å². The zero-order chi connectivity index (χ0) is 15.4. The Morgan fingerprint density at radius 3 is 2.82 bits per heavy atom. The fraction of sp³-hybridized carbons (Fsp3) is 0.389. The van der Waals surface area contributed by atoms with Crippen LogP contribution in [0, 0.1) is 0 Å². The molecule has 1 unspecified atom stereocenters. The van der Waals surface area contributed by atoms with Crippen LogP contribution in [0.25, 0.3) is 0 Å². The Bertz CT molecular complexity index is 604. The zero-order valence-electron chi connectivity index (χ0n) is 12.8. The first-order valence-corrected chi connectivity index (χ1v) is 7.79. The van der Waals surface area contributed by atoms with Crippen LogP contribution in [0.3, 0.4) is 0 Å². The van der Waals surface area contributed by atoms with Gasteiger partial charge in [-0.25, -0.2) is 0 Å². The lowest BCUT2D eigenvalue weighted by molar-refractivity contribution is -0.129. The third-order valence-electron chi connectivity index (χ3n) is 4.08. The van der Waals surface area contributed by atoms with Crippen LogP contribution < -0.4 is 4.74 Å². The number of hydrogen-bond donors (Lipinski definition) is 0. The van der Waals surface area contributed by atoms with Gasteiger partial charge in [-0.2, -0.15) is 0 Å². The molecule has 1 aromatic heterocycles. The van der Waals surface area contributed by atoms with Gasteiger partial charge in [0, 0.05) is 19.0 Å². The highest BCUT2D eigenvalue weighted by Crippen LogP contribution is 2.27. The summed E-state index contributed by atoms with van der Waals surface area (Å²) in [6, 6.07) is 11.7. The first-order chi connectivity index (χ1) is 10.8. The van der Waals surface area contributed by atoms with Gasteiger partial charge in [0.1, 0.15) is 11.5 Å². The summed E-state index contributed by atoms with van der Waals surface area (Å²) >= 11 is 0. The number of rotatable bonds is 5. The molecule has 0 spiro atoms. The molecule has 1 aliphatic rings. The summed E-state index contributed by atoms with van der Waals surface area (Å²) in [6.45, 7) is 4.17. The minimum absolute atomic E-state index is 0.179. The van der Waals surface area contributed by atoms with Gasteiger partial charge in [-0.05, 0) is 43.2 Å². The molecule has 1 amide bonds. The average Bonchev–Trinajstić information content (AvgIpc) is 3.20. The highest BCUT2D eigenvalue weighted by Gasteiger charge is 2.28. The van der Waals surface area contributed by atoms with Gasteiger partial charge in [0.15, 0.2) is 0 Å². The molecule has 1 atom stereocenters. The summed E-state index contributed by atoms with van der Waals surface area (Å²) < 4.78 is 10.9. The van der Waals surface area contributed by atoms with E-state index < -0.39 is 0 Å². The van der Waals surface area contributed by atoms with E-state index in [4.69, 9.17) is 9.15 Å². The summed E-state index contributed by atoms with van der Waals surface area (Å²) in [5.74, 6) is 2.34. The smallest absolute Gasteiger partial charge is 0.227 e. The lowest BCUT2D eigenvalue weighted by Gasteiger charge is -2.16. The summed E-state index contributed by atoms with van der Waals surface area (Å²) in [4.78, 5) is 14.3. The third-order valence-corrected chi connectivity index (χ3v) is 4.08. The van der Waals surface area contributed by atoms with E-state index in [9.17, 15) is 4.79 Å². The number of carbonyl (C=O) groups excluding carboxylic acids is 1. The fourth-order valence-corrected chi connectivity index (χ4v) is 2.90. The maximum Gasteiger partial charge on any atom is 0.227 e. The quantitative estimate of drug-likeness (QED) is 0.851. The first kappa shape index (κ1) is 14.7. The van der Waals surface area contributed by atoms with Crippen molar-refractivity contribution < 1.29 is 13.9 Å². The molecular weight excluding hydrogens is 278 g/mol. The second-order valence-electron chi connectivity index (χ2n) is 5.59. The molecule has 1 saturated heterocycles. The SMILES string of the molecule is CCOc1ccc(CC(=O)N2CCC(c3ccco3)C2)cc1. The highest BCUT2D eigenvalue weighted by atomic mass is 16.5. The largest absolute Gasteiger partial charge is 0.494 e. The topological polar surface area (TPSA) is 42.7 Å². The zero-order valence-corrected chi connectivity index (χ0v) is 12.8. The van der Waals surface area contributed by atoms with E-state index >= 15 is 0 Å². The number of nitrogens with zero attached hydrogens (tertiary/aromatic N) is 1. The van der Waals surface area contributed by atoms with Crippen LogP contribution in [0.1, 0.15) is 30.6 Å². The van der Waals surface area contributed by atoms with E-state index in [1.54, 1.807) is 6.26 Å². The van der Waals surface area contributed by atoms with Gasteiger partial charge < -0.3 is 14.1 Å². The maximum absolute atomic E-state index is 12.4. The van der Waals surface area contributed by atoms with Crippen LogP contribution in [0.2, 0.25) is 0 Å². The van der Waals surface area contributed by atoms with Crippen LogP contribution in [-0.2, 0) is 11.2 Å². The summed E-state index contributed by atoms with van der Waals surface area (Å²) in [5, 5.41) is 0. The van der Waals surface area contributed by atoms with Crippen LogP contribution in [0.4, 0.5) is 0 Å². The minimum atomic E-state index is 0.179. The number of ether oxygens (including phenoxy) is 1. The summed E-state index contributed by atoms with van der Waals surface area (Å²) in [5.41, 5.74) is 1.02. The standard InChI is InChI=1S/C18H21NO3/c1-2-21-16-7-5-14(6-8-16)12-18(20)19-10-9-15(13-19)17-4-3-11-22-17/h3-8,11,15H,2,9-10,12-13H2,1H3. The van der Waals surface area contributed by atoms with Crippen LogP contribution in [-0.4, -0.2) is 30.5 Å². The van der Waals surface area contributed by atoms with Gasteiger partial charge in [0.05, 0.1) is 19.3 Å². The van der Waals surface area contributed by atoms with Gasteiger partial charge in [0.2, 0.25) is 5.91 Å². The lowest BCUT2D eigenvalue weighted by Crippen LogP contribution is -2.29. The van der Waals surface area contributed by atoms with Gasteiger partial charge in [-0.15, -0.1) is 0 Å². The highest BCUT2D eigenvalue weighted by molar-refractivity contribution is 5.79. The van der Waals surface area contributed by atoms with Crippen molar-refractivity contribution in [1.82, 2.24) is 4.90 Å². The molecule has 0 bridgehead atoms. The predicted molar refractivity (Wildman–Crippen MR) is 84.0 cm³/mol. The Kier molecular flexibility index (Phi) is 4.47. The molecule has 116 valence electrons. The normalized spacial score (nSPS) is 17.7. The second-order valence-corrected chi connectivity index (χ2v) is 5.59. The average molecular weight is 299 g/mol. The molecule has 0 saturated carbocycles. The molecular formula is C18H21NO3. The summed E-state index contributed by atoms with van der Waals surface area (Å²) in [7, 11) is 0. The molecule has 2 aromatic rings. The molecule has 1 aliphatic heterocycles. The predicted octanol–water partition coefficient (Wildman–Crippen LogP) is 3.24. The van der Waals surface area contributed by atoms with Gasteiger partial charge in [-0.3, -0.25) is 4.79 Å². The molecule has 0 N–H and O–H groups in total. The Morgan fingerprint density at radius 2 is 2.14 bits per heavy atom. The molecule has 0 aliphatic carbocycles. The number of hydrogen-bond acceptors (Lipinski definition) is 3. The van der Waals surface area contributed by atoms with Crippen molar-refractivity contribution in [1.29, 1.82) is 0 Å². The van der Waals surface area contributed by atoms with Crippen LogP contribution in [0.15, 0.2) is 47.1 Å². The molecule has 22 heavy (non-hydrogen) atoms. The third kappa shape index (κ3) is 3.32. The Labute approximate surface area is 130 Å². The van der Waals surface area contributed by atoms with Crippen molar-refractivity contribution in [3.63, 3.8) is 0 Å². The number of carbonyl (C=O) groups is 1. The van der Waals surface area contributed by atoms with Crippen LogP contribution in [0.5, 0.6) is 5.75 Å². The van der Waals surface area contributed by atoms with Crippen molar-refractivity contribution in [3.8, 4) is 5.75 Å². The molecule has 4 nitrogen and oxygen atoms in total. The number of likely N-dealkylation sites (tertiary alicyclic amines) is 1. The van der Waals surface area contributed by atoms with Gasteiger partial charge >= 0.3 is 0 Å². The molecule has 2 heterocycles. The van der Waals surface area contributed by atoms with E-state index in [0.717, 1.165) is 36.6 Å². The second kappa shape index (κ2) is 6.69. The molecule has 0 radical (unpaired) electrons. The Balaban J connectivity index is 1.56. The molecule has 1 aromatic carbocycles. The number of amides is 1. The monoisotopic (exact) mass is 299 g/mol. The van der Waals surface area contributed by atoms with E-state index in [0.29, 0.717) is 18.9 Å². The number of benzene rings is 1. The van der Waals surface area contributed by atoms with E-state index in [1.807, 2.05) is 48.2 Å². The molecule has 3 rings (SSSR count). The first-order valence-electron chi connectivity index (χ1n) is 7.79. The van der Waals surface area contributed by atoms with Gasteiger partial charge in [0.25, 0.3) is 0 Å². The van der Waals surface area contributed by atoms with Crippen molar-refractivity contribution in [2.45, 2.75) is 25.7 Å². The van der Waals surface area contributed by atoms with Crippen molar-refractivity contribution in [2.75, 3.05) is 19.7 Å². The molecule has 4 heteroatoms. The van der Waals surface area contributed by atoms with Crippen molar-refractivity contribution in [3.05, 3.63) is 54.0 Å². The Morgan fingerprint density at radius 1 is 1.32 bits per heavy atom. The van der Waals surface area contributed by atoms with Crippen LogP contribution >= 0.6 is 0 Å². The van der Waals surface area contributed by atoms with Crippen molar-refractivity contribution >= 4 is 5.91 Å². The Hall–Kier alpha value is -2.23. The maximum atomic E-state index is 12.4. The summed E-state index contributed by atoms with van der Waals surface area (Å²) in [6.07, 6.45) is 3.11. The fourth-order valence-electron chi connectivity index (χ4n) is 2.90. The lowest BCUT2D eigenvalue weighted by atomic mass is 10.1.